The summed E-state index contributed by atoms with van der Waals surface area (Å²) in [4.78, 5) is 5.80. The van der Waals surface area contributed by atoms with Crippen molar-refractivity contribution in [2.45, 2.75) is 13.8 Å². The highest BCUT2D eigenvalue weighted by Crippen LogP contribution is 2.36. The van der Waals surface area contributed by atoms with E-state index in [4.69, 9.17) is 22.0 Å². The summed E-state index contributed by atoms with van der Waals surface area (Å²) in [6.45, 7) is 12.1. The first kappa shape index (κ1) is 19.9. The highest BCUT2D eigenvalue weighted by molar-refractivity contribution is 8.11. The molecule has 0 saturated carbocycles. The van der Waals surface area contributed by atoms with E-state index in [0.717, 1.165) is 33.2 Å². The van der Waals surface area contributed by atoms with E-state index in [1.54, 1.807) is 0 Å². The van der Waals surface area contributed by atoms with Crippen LogP contribution in [0.25, 0.3) is 4.91 Å². The van der Waals surface area contributed by atoms with Gasteiger partial charge in [-0.3, -0.25) is 10.3 Å². The SMILES string of the molecule is C=C(C)Nc1cc(NOCN)ccc1C(=C)S/C(N)=C(/C)NCN. The van der Waals surface area contributed by atoms with E-state index in [9.17, 15) is 0 Å². The van der Waals surface area contributed by atoms with E-state index >= 15 is 0 Å². The summed E-state index contributed by atoms with van der Waals surface area (Å²) in [5, 5.41) is 6.81. The van der Waals surface area contributed by atoms with Gasteiger partial charge >= 0.3 is 0 Å². The van der Waals surface area contributed by atoms with Crippen molar-refractivity contribution in [3.8, 4) is 0 Å². The van der Waals surface area contributed by atoms with Crippen molar-refractivity contribution in [2.24, 2.45) is 17.2 Å². The second-order valence-corrected chi connectivity index (χ2v) is 6.11. The summed E-state index contributed by atoms with van der Waals surface area (Å²) >= 11 is 1.37. The van der Waals surface area contributed by atoms with Gasteiger partial charge < -0.3 is 27.8 Å². The topological polar surface area (TPSA) is 123 Å². The molecule has 0 heterocycles. The molecule has 24 heavy (non-hydrogen) atoms. The maximum Gasteiger partial charge on any atom is 0.122 e. The molecule has 0 aliphatic rings. The van der Waals surface area contributed by atoms with E-state index in [1.165, 1.54) is 11.8 Å². The average Bonchev–Trinajstić information content (AvgIpc) is 2.52. The van der Waals surface area contributed by atoms with Gasteiger partial charge in [-0.15, -0.1) is 0 Å². The predicted octanol–water partition coefficient (Wildman–Crippen LogP) is 2.25. The van der Waals surface area contributed by atoms with Crippen LogP contribution in [0.4, 0.5) is 11.4 Å². The third kappa shape index (κ3) is 6.17. The standard InChI is InChI=1S/C16H26N6OS/c1-10(2)21-15-7-13(22-23-9-18)5-6-14(15)12(4)24-16(19)11(3)20-8-17/h5-7,20-22H,1,4,8-9,17-19H2,2-3H3/b16-11-. The largest absolute Gasteiger partial charge is 0.392 e. The molecule has 0 aliphatic heterocycles. The molecule has 0 spiro atoms. The number of nitrogens with one attached hydrogen (secondary N) is 3. The van der Waals surface area contributed by atoms with Gasteiger partial charge in [-0.2, -0.15) is 0 Å². The Morgan fingerprint density at radius 2 is 1.96 bits per heavy atom. The molecule has 0 aliphatic carbocycles. The van der Waals surface area contributed by atoms with Crippen molar-refractivity contribution in [3.05, 3.63) is 53.3 Å². The smallest absolute Gasteiger partial charge is 0.122 e. The molecule has 0 bridgehead atoms. The Kier molecular flexibility index (Phi) is 8.20. The van der Waals surface area contributed by atoms with E-state index in [0.29, 0.717) is 11.7 Å². The molecule has 7 nitrogen and oxygen atoms in total. The maximum atomic E-state index is 6.07. The van der Waals surface area contributed by atoms with Crippen LogP contribution in [0.2, 0.25) is 0 Å². The fourth-order valence-corrected chi connectivity index (χ4v) is 2.59. The van der Waals surface area contributed by atoms with E-state index in [-0.39, 0.29) is 6.73 Å². The first-order chi connectivity index (χ1) is 11.4. The third-order valence-corrected chi connectivity index (χ3v) is 3.90. The van der Waals surface area contributed by atoms with Gasteiger partial charge in [0.2, 0.25) is 0 Å². The number of hydrogen-bond donors (Lipinski definition) is 6. The second-order valence-electron chi connectivity index (χ2n) is 4.97. The lowest BCUT2D eigenvalue weighted by atomic mass is 10.1. The highest BCUT2D eigenvalue weighted by Gasteiger charge is 2.11. The van der Waals surface area contributed by atoms with Crippen LogP contribution in [-0.2, 0) is 4.84 Å². The van der Waals surface area contributed by atoms with Crippen LogP contribution >= 0.6 is 11.8 Å². The summed E-state index contributed by atoms with van der Waals surface area (Å²) in [5.74, 6) is 0. The fourth-order valence-electron chi connectivity index (χ4n) is 1.81. The zero-order valence-electron chi connectivity index (χ0n) is 14.1. The molecule has 9 N–H and O–H groups in total. The van der Waals surface area contributed by atoms with Crippen LogP contribution < -0.4 is 33.3 Å². The van der Waals surface area contributed by atoms with Crippen LogP contribution in [0.3, 0.4) is 0 Å². The quantitative estimate of drug-likeness (QED) is 0.280. The maximum absolute atomic E-state index is 6.07. The molecule has 0 radical (unpaired) electrons. The number of nitrogens with two attached hydrogens (primary N) is 3. The molecule has 0 atom stereocenters. The molecule has 0 aromatic heterocycles. The monoisotopic (exact) mass is 350 g/mol. The fraction of sp³-hybridized carbons (Fsp3) is 0.250. The zero-order valence-corrected chi connectivity index (χ0v) is 14.9. The molecule has 1 aromatic carbocycles. The molecule has 0 amide bonds. The molecule has 0 unspecified atom stereocenters. The molecule has 0 saturated heterocycles. The van der Waals surface area contributed by atoms with Gasteiger partial charge in [-0.25, -0.2) is 0 Å². The van der Waals surface area contributed by atoms with Crippen LogP contribution in [0.1, 0.15) is 19.4 Å². The Labute approximate surface area is 147 Å². The van der Waals surface area contributed by atoms with Crippen molar-refractivity contribution in [3.63, 3.8) is 0 Å². The van der Waals surface area contributed by atoms with Gasteiger partial charge in [0, 0.05) is 27.6 Å². The average molecular weight is 350 g/mol. The number of anilines is 2. The summed E-state index contributed by atoms with van der Waals surface area (Å²) in [5.41, 5.74) is 23.7. The van der Waals surface area contributed by atoms with Gasteiger partial charge in [0.25, 0.3) is 0 Å². The van der Waals surface area contributed by atoms with Crippen molar-refractivity contribution in [1.82, 2.24) is 5.32 Å². The molecule has 132 valence electrons. The zero-order chi connectivity index (χ0) is 18.1. The number of thioether (sulfide) groups is 1. The van der Waals surface area contributed by atoms with Crippen LogP contribution in [0.15, 0.2) is 47.8 Å². The minimum Gasteiger partial charge on any atom is -0.392 e. The lowest BCUT2D eigenvalue weighted by Gasteiger charge is -2.16. The first-order valence-corrected chi connectivity index (χ1v) is 8.12. The lowest BCUT2D eigenvalue weighted by molar-refractivity contribution is 0.202. The van der Waals surface area contributed by atoms with Crippen LogP contribution in [-0.4, -0.2) is 13.4 Å². The van der Waals surface area contributed by atoms with Gasteiger partial charge in [0.05, 0.1) is 17.4 Å². The van der Waals surface area contributed by atoms with E-state index < -0.39 is 0 Å². The summed E-state index contributed by atoms with van der Waals surface area (Å²) in [6.07, 6.45) is 0. The molecule has 1 rings (SSSR count). The van der Waals surface area contributed by atoms with Crippen LogP contribution in [0.5, 0.6) is 0 Å². The number of rotatable bonds is 10. The minimum absolute atomic E-state index is 0.0717. The summed E-state index contributed by atoms with van der Waals surface area (Å²) in [7, 11) is 0. The number of benzene rings is 1. The Morgan fingerprint density at radius 1 is 1.25 bits per heavy atom. The summed E-state index contributed by atoms with van der Waals surface area (Å²) in [6, 6.07) is 5.67. The third-order valence-electron chi connectivity index (χ3n) is 2.91. The molecular formula is C16H26N6OS. The van der Waals surface area contributed by atoms with Gasteiger partial charge in [-0.1, -0.05) is 24.9 Å². The van der Waals surface area contributed by atoms with Crippen molar-refractivity contribution in [2.75, 3.05) is 24.2 Å². The van der Waals surface area contributed by atoms with Gasteiger partial charge in [0.15, 0.2) is 0 Å². The van der Waals surface area contributed by atoms with E-state index in [2.05, 4.69) is 29.3 Å². The number of allylic oxidation sites excluding steroid dienone is 2. The molecule has 1 aromatic rings. The molecular weight excluding hydrogens is 324 g/mol. The van der Waals surface area contributed by atoms with Crippen molar-refractivity contribution in [1.29, 1.82) is 0 Å². The summed E-state index contributed by atoms with van der Waals surface area (Å²) < 4.78 is 0. The van der Waals surface area contributed by atoms with Crippen molar-refractivity contribution >= 4 is 28.0 Å². The van der Waals surface area contributed by atoms with E-state index in [1.807, 2.05) is 32.0 Å². The highest BCUT2D eigenvalue weighted by atomic mass is 32.2. The Hall–Kier alpha value is -2.13. The van der Waals surface area contributed by atoms with Crippen molar-refractivity contribution < 1.29 is 4.84 Å². The molecule has 8 heteroatoms. The second kappa shape index (κ2) is 9.89. The minimum atomic E-state index is 0.0717. The Balaban J connectivity index is 3.05. The normalized spacial score (nSPS) is 11.5. The molecule has 0 fully saturated rings. The Morgan fingerprint density at radius 3 is 2.54 bits per heavy atom. The number of hydrogen-bond acceptors (Lipinski definition) is 8. The predicted molar refractivity (Wildman–Crippen MR) is 104 cm³/mol. The van der Waals surface area contributed by atoms with Crippen LogP contribution in [0, 0.1) is 0 Å². The first-order valence-electron chi connectivity index (χ1n) is 7.30. The Bertz CT molecular complexity index is 629. The lowest BCUT2D eigenvalue weighted by Crippen LogP contribution is -2.22. The van der Waals surface area contributed by atoms with Gasteiger partial charge in [0.1, 0.15) is 6.73 Å². The van der Waals surface area contributed by atoms with Gasteiger partial charge in [-0.05, 0) is 32.0 Å².